The molecule has 0 unspecified atom stereocenters. The lowest BCUT2D eigenvalue weighted by Crippen LogP contribution is -2.39. The van der Waals surface area contributed by atoms with E-state index < -0.39 is 6.10 Å². The van der Waals surface area contributed by atoms with Gasteiger partial charge in [0.25, 0.3) is 0 Å². The van der Waals surface area contributed by atoms with E-state index in [2.05, 4.69) is 36.5 Å². The fourth-order valence-corrected chi connectivity index (χ4v) is 4.22. The summed E-state index contributed by atoms with van der Waals surface area (Å²) in [6.07, 6.45) is -0.682. The third kappa shape index (κ3) is 5.38. The molecule has 0 fully saturated rings. The molecule has 0 aliphatic heterocycles. The highest BCUT2D eigenvalue weighted by Crippen LogP contribution is 2.31. The summed E-state index contributed by atoms with van der Waals surface area (Å²) in [4.78, 5) is 1.19. The zero-order valence-electron chi connectivity index (χ0n) is 16.3. The Morgan fingerprint density at radius 3 is 2.18 bits per heavy atom. The van der Waals surface area contributed by atoms with Gasteiger partial charge in [0.15, 0.2) is 0 Å². The Morgan fingerprint density at radius 1 is 0.893 bits per heavy atom. The van der Waals surface area contributed by atoms with Crippen LogP contribution in [0.4, 0.5) is 0 Å². The molecule has 3 aromatic carbocycles. The van der Waals surface area contributed by atoms with E-state index in [1.807, 2.05) is 60.7 Å². The molecular formula is C24H27NO2S. The minimum absolute atomic E-state index is 0.118. The quantitative estimate of drug-likeness (QED) is 0.488. The van der Waals surface area contributed by atoms with Crippen molar-refractivity contribution in [2.24, 2.45) is 0 Å². The predicted molar refractivity (Wildman–Crippen MR) is 117 cm³/mol. The van der Waals surface area contributed by atoms with Crippen molar-refractivity contribution in [1.29, 1.82) is 0 Å². The third-order valence-corrected chi connectivity index (χ3v) is 5.91. The van der Waals surface area contributed by atoms with Crippen molar-refractivity contribution in [1.82, 2.24) is 5.32 Å². The second-order valence-electron chi connectivity index (χ2n) is 6.72. The lowest BCUT2D eigenvalue weighted by Gasteiger charge is -2.29. The summed E-state index contributed by atoms with van der Waals surface area (Å²) >= 11 is 1.74. The van der Waals surface area contributed by atoms with Gasteiger partial charge < -0.3 is 15.2 Å². The number of thioether (sulfide) groups is 1. The van der Waals surface area contributed by atoms with Gasteiger partial charge in [0.05, 0.1) is 13.2 Å². The number of rotatable bonds is 9. The summed E-state index contributed by atoms with van der Waals surface area (Å²) < 4.78 is 5.47. The Labute approximate surface area is 171 Å². The summed E-state index contributed by atoms with van der Waals surface area (Å²) in [5.41, 5.74) is 2.00. The van der Waals surface area contributed by atoms with Crippen LogP contribution in [0.1, 0.15) is 30.2 Å². The van der Waals surface area contributed by atoms with E-state index in [9.17, 15) is 5.11 Å². The second kappa shape index (κ2) is 10.3. The Bertz CT molecular complexity index is 841. The second-order valence-corrected chi connectivity index (χ2v) is 7.81. The van der Waals surface area contributed by atoms with Crippen molar-refractivity contribution < 1.29 is 9.84 Å². The van der Waals surface area contributed by atoms with E-state index in [4.69, 9.17) is 4.74 Å². The van der Waals surface area contributed by atoms with E-state index in [1.165, 1.54) is 10.5 Å². The van der Waals surface area contributed by atoms with Crippen LogP contribution in [-0.4, -0.2) is 24.0 Å². The SMILES string of the molecule is COc1ccccc1[C@@H](O)[C@H](CSc1ccccc1)N[C@@H](C)c1ccccc1. The molecule has 4 heteroatoms. The molecule has 146 valence electrons. The number of aliphatic hydroxyl groups is 1. The van der Waals surface area contributed by atoms with Crippen LogP contribution in [0.2, 0.25) is 0 Å². The van der Waals surface area contributed by atoms with E-state index >= 15 is 0 Å². The maximum Gasteiger partial charge on any atom is 0.124 e. The van der Waals surface area contributed by atoms with E-state index in [-0.39, 0.29) is 12.1 Å². The lowest BCUT2D eigenvalue weighted by atomic mass is 10.00. The van der Waals surface area contributed by atoms with Crippen LogP contribution in [0, 0.1) is 0 Å². The van der Waals surface area contributed by atoms with E-state index in [1.54, 1.807) is 18.9 Å². The van der Waals surface area contributed by atoms with Crippen LogP contribution in [0.3, 0.4) is 0 Å². The van der Waals surface area contributed by atoms with Gasteiger partial charge in [-0.2, -0.15) is 0 Å². The first-order valence-corrected chi connectivity index (χ1v) is 10.5. The van der Waals surface area contributed by atoms with Gasteiger partial charge in [0.1, 0.15) is 5.75 Å². The van der Waals surface area contributed by atoms with Gasteiger partial charge in [0, 0.05) is 28.3 Å². The summed E-state index contributed by atoms with van der Waals surface area (Å²) in [6.45, 7) is 2.13. The molecule has 2 N–H and O–H groups in total. The fourth-order valence-electron chi connectivity index (χ4n) is 3.22. The molecule has 0 radical (unpaired) electrons. The summed E-state index contributed by atoms with van der Waals surface area (Å²) in [5.74, 6) is 1.44. The van der Waals surface area contributed by atoms with Crippen LogP contribution in [0.25, 0.3) is 0 Å². The fraction of sp³-hybridized carbons (Fsp3) is 0.250. The zero-order chi connectivity index (χ0) is 19.8. The van der Waals surface area contributed by atoms with Crippen molar-refractivity contribution in [3.63, 3.8) is 0 Å². The van der Waals surface area contributed by atoms with Gasteiger partial charge in [0.2, 0.25) is 0 Å². The number of para-hydroxylation sites is 1. The molecule has 3 rings (SSSR count). The topological polar surface area (TPSA) is 41.5 Å². The molecule has 0 saturated carbocycles. The number of hydrogen-bond donors (Lipinski definition) is 2. The van der Waals surface area contributed by atoms with E-state index in [0.717, 1.165) is 11.3 Å². The summed E-state index contributed by atoms with van der Waals surface area (Å²) in [5, 5.41) is 14.8. The molecule has 0 aromatic heterocycles. The zero-order valence-corrected chi connectivity index (χ0v) is 17.1. The van der Waals surface area contributed by atoms with Gasteiger partial charge in [-0.1, -0.05) is 66.7 Å². The smallest absolute Gasteiger partial charge is 0.124 e. The molecule has 0 saturated heterocycles. The average molecular weight is 394 g/mol. The molecule has 0 aliphatic rings. The molecule has 0 amide bonds. The first-order chi connectivity index (χ1) is 13.7. The molecule has 0 heterocycles. The minimum atomic E-state index is -0.682. The van der Waals surface area contributed by atoms with Crippen LogP contribution in [0.15, 0.2) is 89.8 Å². The normalized spacial score (nSPS) is 14.2. The molecule has 0 spiro atoms. The maximum atomic E-state index is 11.2. The van der Waals surface area contributed by atoms with Crippen LogP contribution < -0.4 is 10.1 Å². The molecule has 3 aromatic rings. The predicted octanol–water partition coefficient (Wildman–Crippen LogP) is 5.24. The number of benzene rings is 3. The molecule has 3 nitrogen and oxygen atoms in total. The van der Waals surface area contributed by atoms with Gasteiger partial charge >= 0.3 is 0 Å². The average Bonchev–Trinajstić information content (AvgIpc) is 2.77. The molecule has 3 atom stereocenters. The molecule has 0 aliphatic carbocycles. The van der Waals surface area contributed by atoms with Crippen molar-refractivity contribution in [2.45, 2.75) is 30.0 Å². The van der Waals surface area contributed by atoms with Crippen LogP contribution in [0.5, 0.6) is 5.75 Å². The molecule has 28 heavy (non-hydrogen) atoms. The Hall–Kier alpha value is -2.27. The Morgan fingerprint density at radius 2 is 1.50 bits per heavy atom. The lowest BCUT2D eigenvalue weighted by molar-refractivity contribution is 0.129. The van der Waals surface area contributed by atoms with Crippen molar-refractivity contribution in [3.8, 4) is 5.75 Å². The maximum absolute atomic E-state index is 11.2. The first kappa shape index (κ1) is 20.5. The number of ether oxygens (including phenoxy) is 1. The van der Waals surface area contributed by atoms with E-state index in [0.29, 0.717) is 5.75 Å². The first-order valence-electron chi connectivity index (χ1n) is 9.49. The van der Waals surface area contributed by atoms with Crippen LogP contribution in [-0.2, 0) is 0 Å². The van der Waals surface area contributed by atoms with Crippen molar-refractivity contribution >= 4 is 11.8 Å². The van der Waals surface area contributed by atoms with Gasteiger partial charge in [-0.25, -0.2) is 0 Å². The number of methoxy groups -OCH3 is 1. The van der Waals surface area contributed by atoms with Crippen molar-refractivity contribution in [2.75, 3.05) is 12.9 Å². The van der Waals surface area contributed by atoms with Gasteiger partial charge in [-0.3, -0.25) is 0 Å². The standard InChI is InChI=1S/C24H27NO2S/c1-18(19-11-5-3-6-12-19)25-22(17-28-20-13-7-4-8-14-20)24(26)21-15-9-10-16-23(21)27-2/h3-16,18,22,24-26H,17H2,1-2H3/t18-,22-,24+/m0/s1. The summed E-state index contributed by atoms with van der Waals surface area (Å²) in [7, 11) is 1.64. The Kier molecular flexibility index (Phi) is 7.54. The molecule has 0 bridgehead atoms. The molecular weight excluding hydrogens is 366 g/mol. The van der Waals surface area contributed by atoms with Gasteiger partial charge in [-0.05, 0) is 30.7 Å². The monoisotopic (exact) mass is 393 g/mol. The van der Waals surface area contributed by atoms with Crippen LogP contribution >= 0.6 is 11.8 Å². The number of aliphatic hydroxyl groups excluding tert-OH is 1. The largest absolute Gasteiger partial charge is 0.496 e. The highest BCUT2D eigenvalue weighted by Gasteiger charge is 2.25. The Balaban J connectivity index is 1.80. The highest BCUT2D eigenvalue weighted by molar-refractivity contribution is 7.99. The van der Waals surface area contributed by atoms with Crippen molar-refractivity contribution in [3.05, 3.63) is 96.1 Å². The summed E-state index contributed by atoms with van der Waals surface area (Å²) in [6, 6.07) is 28.2. The minimum Gasteiger partial charge on any atom is -0.496 e. The van der Waals surface area contributed by atoms with Gasteiger partial charge in [-0.15, -0.1) is 11.8 Å². The third-order valence-electron chi connectivity index (χ3n) is 4.78. The number of nitrogens with one attached hydrogen (secondary N) is 1. The highest BCUT2D eigenvalue weighted by atomic mass is 32.2. The number of hydrogen-bond acceptors (Lipinski definition) is 4.